The summed E-state index contributed by atoms with van der Waals surface area (Å²) >= 11 is 1.55. The Labute approximate surface area is 220 Å². The van der Waals surface area contributed by atoms with Gasteiger partial charge in [0.05, 0.1) is 17.2 Å². The predicted molar refractivity (Wildman–Crippen MR) is 146 cm³/mol. The molecule has 0 saturated heterocycles. The van der Waals surface area contributed by atoms with Crippen molar-refractivity contribution in [3.63, 3.8) is 0 Å². The van der Waals surface area contributed by atoms with E-state index in [0.29, 0.717) is 29.5 Å². The van der Waals surface area contributed by atoms with E-state index < -0.39 is 10.0 Å². The van der Waals surface area contributed by atoms with Gasteiger partial charge in [-0.15, -0.1) is 0 Å². The molecule has 0 aromatic heterocycles. The largest absolute Gasteiger partial charge is 0.494 e. The molecule has 0 heterocycles. The Morgan fingerprint density at radius 3 is 2.11 bits per heavy atom. The molecule has 0 aliphatic rings. The summed E-state index contributed by atoms with van der Waals surface area (Å²) in [5, 5.41) is 2.88. The minimum Gasteiger partial charge on any atom is -0.494 e. The molecule has 0 aliphatic heterocycles. The number of hydrogen-bond acceptors (Lipinski definition) is 6. The molecule has 0 radical (unpaired) electrons. The van der Waals surface area contributed by atoms with E-state index in [1.165, 1.54) is 24.3 Å². The molecule has 37 heavy (non-hydrogen) atoms. The molecule has 4 aromatic carbocycles. The molecule has 0 aliphatic carbocycles. The van der Waals surface area contributed by atoms with Crippen LogP contribution in [0.2, 0.25) is 0 Å². The minimum absolute atomic E-state index is 0.0741. The maximum atomic E-state index is 12.7. The van der Waals surface area contributed by atoms with Crippen molar-refractivity contribution in [1.82, 2.24) is 0 Å². The number of anilines is 2. The lowest BCUT2D eigenvalue weighted by atomic mass is 10.3. The van der Waals surface area contributed by atoms with E-state index in [4.69, 9.17) is 9.47 Å². The summed E-state index contributed by atoms with van der Waals surface area (Å²) in [6.07, 6.45) is 0. The summed E-state index contributed by atoms with van der Waals surface area (Å²) in [7, 11) is -3.79. The van der Waals surface area contributed by atoms with Gasteiger partial charge in [-0.05, 0) is 79.7 Å². The van der Waals surface area contributed by atoms with Gasteiger partial charge in [0.15, 0.2) is 6.61 Å². The zero-order valence-electron chi connectivity index (χ0n) is 20.1. The highest BCUT2D eigenvalue weighted by Gasteiger charge is 2.15. The van der Waals surface area contributed by atoms with Crippen LogP contribution < -0.4 is 19.5 Å². The number of hydrogen-bond donors (Lipinski definition) is 2. The number of sulfonamides is 1. The van der Waals surface area contributed by atoms with Gasteiger partial charge in [-0.1, -0.05) is 42.1 Å². The Balaban J connectivity index is 1.32. The van der Waals surface area contributed by atoms with Crippen molar-refractivity contribution in [3.8, 4) is 11.5 Å². The van der Waals surface area contributed by atoms with E-state index in [9.17, 15) is 13.2 Å². The summed E-state index contributed by atoms with van der Waals surface area (Å²) in [4.78, 5) is 14.6. The van der Waals surface area contributed by atoms with Crippen molar-refractivity contribution in [1.29, 1.82) is 0 Å². The lowest BCUT2D eigenvalue weighted by Gasteiger charge is -2.12. The van der Waals surface area contributed by atoms with Crippen LogP contribution in [0.4, 0.5) is 11.4 Å². The Hall–Kier alpha value is -3.95. The molecule has 7 nitrogen and oxygen atoms in total. The standard InChI is InChI=1S/C28H26N2O5S2/c1-2-34-22-14-12-21(13-15-22)30-37(32,33)25-18-16-23(17-19-25)35-20-28(31)29-26-10-6-7-11-27(26)36-24-8-4-3-5-9-24/h3-19,30H,2,20H2,1H3,(H,29,31). The van der Waals surface area contributed by atoms with Crippen molar-refractivity contribution < 1.29 is 22.7 Å². The van der Waals surface area contributed by atoms with Gasteiger partial charge in [0.1, 0.15) is 11.5 Å². The third-order valence-electron chi connectivity index (χ3n) is 5.05. The fraction of sp³-hybridized carbons (Fsp3) is 0.107. The topological polar surface area (TPSA) is 93.7 Å². The van der Waals surface area contributed by atoms with Gasteiger partial charge in [-0.3, -0.25) is 9.52 Å². The monoisotopic (exact) mass is 534 g/mol. The molecule has 0 bridgehead atoms. The molecule has 4 aromatic rings. The number of amides is 1. The third-order valence-corrected chi connectivity index (χ3v) is 7.53. The highest BCUT2D eigenvalue weighted by Crippen LogP contribution is 2.33. The van der Waals surface area contributed by atoms with Crippen LogP contribution in [-0.2, 0) is 14.8 Å². The maximum Gasteiger partial charge on any atom is 0.262 e. The number of carbonyl (C=O) groups is 1. The van der Waals surface area contributed by atoms with E-state index in [2.05, 4.69) is 10.0 Å². The third kappa shape index (κ3) is 7.52. The fourth-order valence-electron chi connectivity index (χ4n) is 3.32. The van der Waals surface area contributed by atoms with Crippen molar-refractivity contribution in [2.75, 3.05) is 23.3 Å². The number of benzene rings is 4. The van der Waals surface area contributed by atoms with Crippen LogP contribution in [0, 0.1) is 0 Å². The first-order chi connectivity index (χ1) is 17.9. The van der Waals surface area contributed by atoms with E-state index in [-0.39, 0.29) is 17.4 Å². The van der Waals surface area contributed by atoms with Gasteiger partial charge >= 0.3 is 0 Å². The van der Waals surface area contributed by atoms with Crippen molar-refractivity contribution in [2.24, 2.45) is 0 Å². The van der Waals surface area contributed by atoms with Gasteiger partial charge in [0.25, 0.3) is 15.9 Å². The molecule has 0 spiro atoms. The first-order valence-electron chi connectivity index (χ1n) is 11.5. The normalized spacial score (nSPS) is 10.9. The van der Waals surface area contributed by atoms with Crippen LogP contribution in [0.15, 0.2) is 118 Å². The lowest BCUT2D eigenvalue weighted by Crippen LogP contribution is -2.20. The summed E-state index contributed by atoms with van der Waals surface area (Å²) in [6.45, 7) is 2.18. The van der Waals surface area contributed by atoms with Crippen molar-refractivity contribution in [3.05, 3.63) is 103 Å². The molecule has 0 fully saturated rings. The van der Waals surface area contributed by atoms with Crippen LogP contribution in [0.5, 0.6) is 11.5 Å². The molecular formula is C28H26N2O5S2. The first-order valence-corrected chi connectivity index (χ1v) is 13.8. The Morgan fingerprint density at radius 1 is 0.784 bits per heavy atom. The molecule has 1 amide bonds. The Bertz CT molecular complexity index is 1430. The van der Waals surface area contributed by atoms with Crippen molar-refractivity contribution in [2.45, 2.75) is 21.6 Å². The predicted octanol–water partition coefficient (Wildman–Crippen LogP) is 6.05. The van der Waals surface area contributed by atoms with Gasteiger partial charge in [0, 0.05) is 15.5 Å². The summed E-state index contributed by atoms with van der Waals surface area (Å²) in [6, 6.07) is 30.0. The zero-order chi connectivity index (χ0) is 26.1. The number of para-hydroxylation sites is 1. The molecule has 0 atom stereocenters. The lowest BCUT2D eigenvalue weighted by molar-refractivity contribution is -0.118. The highest BCUT2D eigenvalue weighted by atomic mass is 32.2. The number of nitrogens with one attached hydrogen (secondary N) is 2. The molecule has 4 rings (SSSR count). The summed E-state index contributed by atoms with van der Waals surface area (Å²) < 4.78 is 38.9. The second-order valence-corrected chi connectivity index (χ2v) is 10.6. The van der Waals surface area contributed by atoms with E-state index in [1.807, 2.05) is 61.5 Å². The van der Waals surface area contributed by atoms with Gasteiger partial charge in [-0.25, -0.2) is 8.42 Å². The second-order valence-electron chi connectivity index (χ2n) is 7.78. The zero-order valence-corrected chi connectivity index (χ0v) is 21.7. The van der Waals surface area contributed by atoms with Crippen LogP contribution in [0.1, 0.15) is 6.92 Å². The highest BCUT2D eigenvalue weighted by molar-refractivity contribution is 7.99. The fourth-order valence-corrected chi connectivity index (χ4v) is 5.31. The van der Waals surface area contributed by atoms with Crippen molar-refractivity contribution >= 4 is 39.1 Å². The van der Waals surface area contributed by atoms with Crippen LogP contribution >= 0.6 is 11.8 Å². The number of ether oxygens (including phenoxy) is 2. The minimum atomic E-state index is -3.79. The quantitative estimate of drug-likeness (QED) is 0.243. The molecule has 190 valence electrons. The Morgan fingerprint density at radius 2 is 1.41 bits per heavy atom. The van der Waals surface area contributed by atoms with E-state index in [0.717, 1.165) is 9.79 Å². The summed E-state index contributed by atoms with van der Waals surface area (Å²) in [5.74, 6) is 0.714. The smallest absolute Gasteiger partial charge is 0.262 e. The molecule has 2 N–H and O–H groups in total. The van der Waals surface area contributed by atoms with E-state index in [1.54, 1.807) is 36.0 Å². The number of carbonyl (C=O) groups excluding carboxylic acids is 1. The molecule has 9 heteroatoms. The van der Waals surface area contributed by atoms with Crippen LogP contribution in [0.25, 0.3) is 0 Å². The number of rotatable bonds is 11. The van der Waals surface area contributed by atoms with Crippen LogP contribution in [0.3, 0.4) is 0 Å². The molecule has 0 saturated carbocycles. The maximum absolute atomic E-state index is 12.7. The SMILES string of the molecule is CCOc1ccc(NS(=O)(=O)c2ccc(OCC(=O)Nc3ccccc3Sc3ccccc3)cc2)cc1. The van der Waals surface area contributed by atoms with Gasteiger partial charge in [-0.2, -0.15) is 0 Å². The average molecular weight is 535 g/mol. The second kappa shape index (κ2) is 12.3. The van der Waals surface area contributed by atoms with Gasteiger partial charge in [0.2, 0.25) is 0 Å². The Kier molecular flexibility index (Phi) is 8.71. The van der Waals surface area contributed by atoms with Gasteiger partial charge < -0.3 is 14.8 Å². The average Bonchev–Trinajstić information content (AvgIpc) is 2.91. The molecule has 0 unspecified atom stereocenters. The molecular weight excluding hydrogens is 508 g/mol. The van der Waals surface area contributed by atoms with Crippen LogP contribution in [-0.4, -0.2) is 27.5 Å². The van der Waals surface area contributed by atoms with E-state index >= 15 is 0 Å². The first kappa shape index (κ1) is 26.1. The summed E-state index contributed by atoms with van der Waals surface area (Å²) in [5.41, 5.74) is 1.11.